The first-order valence-corrected chi connectivity index (χ1v) is 9.06. The Hall–Kier alpha value is -2.10. The number of benzene rings is 1. The Bertz CT molecular complexity index is 725. The normalized spacial score (nSPS) is 19.4. The molecule has 4 nitrogen and oxygen atoms in total. The molecule has 4 heteroatoms. The van der Waals surface area contributed by atoms with Crippen LogP contribution in [-0.2, 0) is 12.5 Å². The summed E-state index contributed by atoms with van der Waals surface area (Å²) in [5.74, 6) is 0.535. The van der Waals surface area contributed by atoms with Crippen LogP contribution in [0.2, 0.25) is 0 Å². The molecule has 2 fully saturated rings. The van der Waals surface area contributed by atoms with Gasteiger partial charge < -0.3 is 5.32 Å². The molecule has 1 amide bonds. The molecular weight excluding hydrogens is 298 g/mol. The van der Waals surface area contributed by atoms with Crippen molar-refractivity contribution < 1.29 is 4.79 Å². The Morgan fingerprint density at radius 3 is 2.62 bits per heavy atom. The van der Waals surface area contributed by atoms with Crippen molar-refractivity contribution in [2.75, 3.05) is 6.54 Å². The minimum Gasteiger partial charge on any atom is -0.350 e. The maximum atomic E-state index is 12.6. The molecule has 1 aromatic heterocycles. The molecule has 24 heavy (non-hydrogen) atoms. The van der Waals surface area contributed by atoms with E-state index in [0.717, 1.165) is 18.5 Å². The number of rotatable bonds is 5. The van der Waals surface area contributed by atoms with Crippen LogP contribution in [0.15, 0.2) is 36.4 Å². The van der Waals surface area contributed by atoms with Crippen LogP contribution in [0.5, 0.6) is 0 Å². The molecule has 0 spiro atoms. The molecule has 2 saturated carbocycles. The van der Waals surface area contributed by atoms with Crippen LogP contribution in [-0.4, -0.2) is 22.2 Å². The van der Waals surface area contributed by atoms with Crippen molar-refractivity contribution in [2.24, 2.45) is 7.05 Å². The van der Waals surface area contributed by atoms with E-state index in [-0.39, 0.29) is 11.3 Å². The zero-order valence-electron chi connectivity index (χ0n) is 14.3. The topological polar surface area (TPSA) is 46.9 Å². The summed E-state index contributed by atoms with van der Waals surface area (Å²) >= 11 is 0. The zero-order chi connectivity index (χ0) is 16.6. The van der Waals surface area contributed by atoms with Crippen molar-refractivity contribution in [1.82, 2.24) is 15.1 Å². The molecule has 0 saturated heterocycles. The highest BCUT2D eigenvalue weighted by Gasteiger charge is 2.44. The lowest BCUT2D eigenvalue weighted by Crippen LogP contribution is -2.33. The smallest absolute Gasteiger partial charge is 0.269 e. The Labute approximate surface area is 143 Å². The van der Waals surface area contributed by atoms with Crippen LogP contribution in [0.1, 0.15) is 66.2 Å². The summed E-state index contributed by atoms with van der Waals surface area (Å²) in [5.41, 5.74) is 3.25. The Morgan fingerprint density at radius 1 is 1.25 bits per heavy atom. The van der Waals surface area contributed by atoms with E-state index < -0.39 is 0 Å². The van der Waals surface area contributed by atoms with Gasteiger partial charge in [-0.2, -0.15) is 5.10 Å². The molecule has 126 valence electrons. The Kier molecular flexibility index (Phi) is 3.91. The summed E-state index contributed by atoms with van der Waals surface area (Å²) in [6.07, 6.45) is 7.27. The van der Waals surface area contributed by atoms with E-state index in [2.05, 4.69) is 34.7 Å². The fraction of sp³-hybridized carbons (Fsp3) is 0.500. The number of carbonyl (C=O) groups is 1. The van der Waals surface area contributed by atoms with Crippen molar-refractivity contribution in [3.63, 3.8) is 0 Å². The number of amides is 1. The lowest BCUT2D eigenvalue weighted by Gasteiger charge is -2.16. The second kappa shape index (κ2) is 6.08. The van der Waals surface area contributed by atoms with Gasteiger partial charge in [-0.1, -0.05) is 43.2 Å². The van der Waals surface area contributed by atoms with Gasteiger partial charge in [0.15, 0.2) is 0 Å². The third kappa shape index (κ3) is 2.85. The first-order chi connectivity index (χ1) is 11.7. The largest absolute Gasteiger partial charge is 0.350 e. The molecule has 2 aliphatic rings. The van der Waals surface area contributed by atoms with Crippen LogP contribution >= 0.6 is 0 Å². The number of nitrogens with zero attached hydrogens (tertiary/aromatic N) is 2. The fourth-order valence-corrected chi connectivity index (χ4v) is 3.97. The predicted molar refractivity (Wildman–Crippen MR) is 94.1 cm³/mol. The Balaban J connectivity index is 1.43. The summed E-state index contributed by atoms with van der Waals surface area (Å²) in [6.45, 7) is 0.708. The molecule has 1 aromatic carbocycles. The average Bonchev–Trinajstić information content (AvgIpc) is 3.02. The van der Waals surface area contributed by atoms with E-state index in [4.69, 9.17) is 0 Å². The number of aryl methyl sites for hydroxylation is 1. The van der Waals surface area contributed by atoms with Crippen molar-refractivity contribution in [3.05, 3.63) is 53.3 Å². The summed E-state index contributed by atoms with van der Waals surface area (Å²) in [5, 5.41) is 7.73. The average molecular weight is 323 g/mol. The van der Waals surface area contributed by atoms with Gasteiger partial charge in [-0.15, -0.1) is 0 Å². The van der Waals surface area contributed by atoms with E-state index >= 15 is 0 Å². The summed E-state index contributed by atoms with van der Waals surface area (Å²) < 4.78 is 1.74. The summed E-state index contributed by atoms with van der Waals surface area (Å²) in [4.78, 5) is 12.6. The Morgan fingerprint density at radius 2 is 1.96 bits per heavy atom. The molecule has 0 atom stereocenters. The van der Waals surface area contributed by atoms with Crippen molar-refractivity contribution in [3.8, 4) is 0 Å². The molecule has 1 heterocycles. The highest BCUT2D eigenvalue weighted by molar-refractivity contribution is 5.92. The van der Waals surface area contributed by atoms with Gasteiger partial charge in [0, 0.05) is 24.9 Å². The molecule has 1 N–H and O–H groups in total. The molecular formula is C20H25N3O. The summed E-state index contributed by atoms with van der Waals surface area (Å²) in [7, 11) is 1.87. The molecule has 2 aromatic rings. The monoisotopic (exact) mass is 323 g/mol. The van der Waals surface area contributed by atoms with Crippen LogP contribution in [0, 0.1) is 0 Å². The van der Waals surface area contributed by atoms with E-state index in [0.29, 0.717) is 18.2 Å². The van der Waals surface area contributed by atoms with E-state index in [1.54, 1.807) is 4.68 Å². The lowest BCUT2D eigenvalue weighted by molar-refractivity contribution is 0.0940. The first-order valence-electron chi connectivity index (χ1n) is 9.06. The van der Waals surface area contributed by atoms with Crippen molar-refractivity contribution in [2.45, 2.75) is 49.9 Å². The number of nitrogens with one attached hydrogen (secondary N) is 1. The predicted octanol–water partition coefficient (Wildman–Crippen LogP) is 3.54. The van der Waals surface area contributed by atoms with Gasteiger partial charge in [-0.25, -0.2) is 0 Å². The van der Waals surface area contributed by atoms with E-state index in [9.17, 15) is 4.79 Å². The van der Waals surface area contributed by atoms with Crippen molar-refractivity contribution >= 4 is 5.91 Å². The van der Waals surface area contributed by atoms with Gasteiger partial charge in [0.05, 0.1) is 5.69 Å². The van der Waals surface area contributed by atoms with Crippen LogP contribution in [0.25, 0.3) is 0 Å². The van der Waals surface area contributed by atoms with Crippen LogP contribution < -0.4 is 5.32 Å². The molecule has 0 bridgehead atoms. The first kappa shape index (κ1) is 15.4. The van der Waals surface area contributed by atoms with Gasteiger partial charge in [0.25, 0.3) is 5.91 Å². The fourth-order valence-electron chi connectivity index (χ4n) is 3.97. The molecule has 4 rings (SSSR count). The minimum absolute atomic E-state index is 0.00328. The van der Waals surface area contributed by atoms with Crippen LogP contribution in [0.3, 0.4) is 0 Å². The van der Waals surface area contributed by atoms with E-state index in [1.807, 2.05) is 19.2 Å². The van der Waals surface area contributed by atoms with Crippen molar-refractivity contribution in [1.29, 1.82) is 0 Å². The lowest BCUT2D eigenvalue weighted by atomic mass is 9.96. The number of hydrogen-bond acceptors (Lipinski definition) is 2. The number of carbonyl (C=O) groups excluding carboxylic acids is 1. The molecule has 0 aliphatic heterocycles. The maximum absolute atomic E-state index is 12.6. The second-order valence-corrected chi connectivity index (χ2v) is 7.39. The minimum atomic E-state index is -0.00328. The van der Waals surface area contributed by atoms with Gasteiger partial charge >= 0.3 is 0 Å². The number of aromatic nitrogens is 2. The highest BCUT2D eigenvalue weighted by Crippen LogP contribution is 2.47. The molecule has 2 aliphatic carbocycles. The molecule has 0 radical (unpaired) electrons. The third-order valence-electron chi connectivity index (χ3n) is 5.73. The highest BCUT2D eigenvalue weighted by atomic mass is 16.2. The second-order valence-electron chi connectivity index (χ2n) is 7.39. The molecule has 0 unspecified atom stereocenters. The van der Waals surface area contributed by atoms with Gasteiger partial charge in [-0.05, 0) is 37.3 Å². The standard InChI is InChI=1S/C20H25N3O/c1-23-18(13-17(22-23)15-7-5-6-8-15)19(24)21-14-20(11-12-20)16-9-3-2-4-10-16/h2-4,9-10,13,15H,5-8,11-12,14H2,1H3,(H,21,24). The van der Waals surface area contributed by atoms with Gasteiger partial charge in [-0.3, -0.25) is 9.48 Å². The van der Waals surface area contributed by atoms with Gasteiger partial charge in [0.1, 0.15) is 5.69 Å². The van der Waals surface area contributed by atoms with Crippen LogP contribution in [0.4, 0.5) is 0 Å². The SMILES string of the molecule is Cn1nc(C2CCCC2)cc1C(=O)NCC1(c2ccccc2)CC1. The van der Waals surface area contributed by atoms with E-state index in [1.165, 1.54) is 31.2 Å². The zero-order valence-corrected chi connectivity index (χ0v) is 14.3. The quantitative estimate of drug-likeness (QED) is 0.915. The maximum Gasteiger partial charge on any atom is 0.269 e. The summed E-state index contributed by atoms with van der Waals surface area (Å²) in [6, 6.07) is 12.5. The third-order valence-corrected chi connectivity index (χ3v) is 5.73. The van der Waals surface area contributed by atoms with Gasteiger partial charge in [0.2, 0.25) is 0 Å². The number of hydrogen-bond donors (Lipinski definition) is 1.